The number of hydrogen-bond acceptors (Lipinski definition) is 1. The zero-order valence-corrected chi connectivity index (χ0v) is 20.1. The van der Waals surface area contributed by atoms with Crippen LogP contribution in [-0.4, -0.2) is 9.55 Å². The Morgan fingerprint density at radius 1 is 0.459 bits per heavy atom. The van der Waals surface area contributed by atoms with Gasteiger partial charge in [-0.05, 0) is 68.4 Å². The molecule has 0 saturated heterocycles. The van der Waals surface area contributed by atoms with Gasteiger partial charge in [0.2, 0.25) is 0 Å². The van der Waals surface area contributed by atoms with Gasteiger partial charge in [0.15, 0.2) is 0 Å². The summed E-state index contributed by atoms with van der Waals surface area (Å²) in [6.07, 6.45) is 0. The lowest BCUT2D eigenvalue weighted by Crippen LogP contribution is -1.97. The Kier molecular flexibility index (Phi) is 4.26. The van der Waals surface area contributed by atoms with Crippen LogP contribution < -0.4 is 0 Å². The number of rotatable bonds is 3. The Hall–Kier alpha value is -4.95. The molecule has 2 nitrogen and oxygen atoms in total. The Morgan fingerprint density at radius 2 is 1.11 bits per heavy atom. The summed E-state index contributed by atoms with van der Waals surface area (Å²) >= 11 is 0. The van der Waals surface area contributed by atoms with E-state index in [0.29, 0.717) is 0 Å². The van der Waals surface area contributed by atoms with Gasteiger partial charge in [-0.15, -0.1) is 0 Å². The van der Waals surface area contributed by atoms with E-state index >= 15 is 0 Å². The fourth-order valence-electron chi connectivity index (χ4n) is 5.93. The van der Waals surface area contributed by atoms with Crippen LogP contribution in [0.3, 0.4) is 0 Å². The molecular weight excluding hydrogens is 448 g/mol. The van der Waals surface area contributed by atoms with Crippen molar-refractivity contribution >= 4 is 21.8 Å². The first-order chi connectivity index (χ1) is 18.4. The number of hydrogen-bond donors (Lipinski definition) is 0. The molecule has 0 radical (unpaired) electrons. The second-order valence-corrected chi connectivity index (χ2v) is 9.61. The second kappa shape index (κ2) is 7.78. The lowest BCUT2D eigenvalue weighted by molar-refractivity contribution is 1.10. The average molecular weight is 471 g/mol. The van der Waals surface area contributed by atoms with Crippen LogP contribution in [0.5, 0.6) is 0 Å². The van der Waals surface area contributed by atoms with Crippen LogP contribution in [0.1, 0.15) is 0 Å². The molecule has 0 saturated carbocycles. The molecule has 0 fully saturated rings. The largest absolute Gasteiger partial charge is 0.292 e. The minimum absolute atomic E-state index is 0.954. The molecule has 0 N–H and O–H groups in total. The van der Waals surface area contributed by atoms with Gasteiger partial charge < -0.3 is 0 Å². The summed E-state index contributed by atoms with van der Waals surface area (Å²) in [5.74, 6) is 0.954. The fourth-order valence-corrected chi connectivity index (χ4v) is 5.93. The lowest BCUT2D eigenvalue weighted by atomic mass is 9.94. The predicted octanol–water partition coefficient (Wildman–Crippen LogP) is 9.16. The molecule has 6 aromatic carbocycles. The SMILES string of the molecule is c1ccc(-c2nc3cc(-c4ccc5c6c(cccc46)-c4ccccc4-5)ccc3n2-c2ccccc2)cc1. The number of fused-ring (bicyclic) bond motifs is 4. The van der Waals surface area contributed by atoms with Gasteiger partial charge in [0.1, 0.15) is 5.82 Å². The number of imidazole rings is 1. The molecule has 2 heteroatoms. The van der Waals surface area contributed by atoms with Crippen LogP contribution in [0.2, 0.25) is 0 Å². The molecule has 0 unspecified atom stereocenters. The molecule has 0 amide bonds. The highest BCUT2D eigenvalue weighted by Crippen LogP contribution is 2.49. The van der Waals surface area contributed by atoms with Crippen molar-refractivity contribution < 1.29 is 0 Å². The number of nitrogens with zero attached hydrogens (tertiary/aromatic N) is 2. The van der Waals surface area contributed by atoms with E-state index in [1.165, 1.54) is 44.2 Å². The molecule has 7 aromatic rings. The van der Waals surface area contributed by atoms with Gasteiger partial charge in [-0.2, -0.15) is 0 Å². The third kappa shape index (κ3) is 2.96. The highest BCUT2D eigenvalue weighted by Gasteiger charge is 2.22. The van der Waals surface area contributed by atoms with Crippen molar-refractivity contribution in [2.24, 2.45) is 0 Å². The summed E-state index contributed by atoms with van der Waals surface area (Å²) < 4.78 is 2.26. The standard InChI is InChI=1S/C35H22N2/c1-3-10-23(11-4-1)35-36-32-22-24(18-21-33(32)37(35)25-12-5-2-6-13-25)26-19-20-31-28-15-8-7-14-27(28)30-17-9-16-29(26)34(30)31/h1-22H. The minimum Gasteiger partial charge on any atom is -0.292 e. The van der Waals surface area contributed by atoms with Crippen molar-refractivity contribution in [2.75, 3.05) is 0 Å². The van der Waals surface area contributed by atoms with Gasteiger partial charge in [0.25, 0.3) is 0 Å². The molecule has 0 bridgehead atoms. The minimum atomic E-state index is 0.954. The first-order valence-electron chi connectivity index (χ1n) is 12.7. The molecular formula is C35H22N2. The van der Waals surface area contributed by atoms with Crippen LogP contribution in [-0.2, 0) is 0 Å². The highest BCUT2D eigenvalue weighted by molar-refractivity contribution is 6.18. The third-order valence-electron chi connectivity index (χ3n) is 7.56. The molecule has 0 aliphatic heterocycles. The Labute approximate surface area is 215 Å². The summed E-state index contributed by atoms with van der Waals surface area (Å²) in [5, 5.41) is 2.64. The first kappa shape index (κ1) is 20.3. The topological polar surface area (TPSA) is 17.8 Å². The molecule has 0 spiro atoms. The quantitative estimate of drug-likeness (QED) is 0.252. The first-order valence-corrected chi connectivity index (χ1v) is 12.7. The summed E-state index contributed by atoms with van der Waals surface area (Å²) in [5.41, 5.74) is 12.0. The summed E-state index contributed by atoms with van der Waals surface area (Å²) in [4.78, 5) is 5.17. The Bertz CT molecular complexity index is 1940. The van der Waals surface area contributed by atoms with Crippen molar-refractivity contribution in [3.63, 3.8) is 0 Å². The van der Waals surface area contributed by atoms with Crippen molar-refractivity contribution in [3.05, 3.63) is 133 Å². The fraction of sp³-hybridized carbons (Fsp3) is 0. The van der Waals surface area contributed by atoms with Crippen LogP contribution in [0, 0.1) is 0 Å². The zero-order chi connectivity index (χ0) is 24.3. The van der Waals surface area contributed by atoms with Crippen molar-refractivity contribution in [2.45, 2.75) is 0 Å². The van der Waals surface area contributed by atoms with E-state index in [9.17, 15) is 0 Å². The predicted molar refractivity (Wildman–Crippen MR) is 154 cm³/mol. The third-order valence-corrected chi connectivity index (χ3v) is 7.56. The molecule has 8 rings (SSSR count). The van der Waals surface area contributed by atoms with E-state index in [1.54, 1.807) is 0 Å². The molecule has 37 heavy (non-hydrogen) atoms. The number of benzene rings is 6. The summed E-state index contributed by atoms with van der Waals surface area (Å²) in [6.45, 7) is 0. The van der Waals surface area contributed by atoms with E-state index in [4.69, 9.17) is 4.98 Å². The Balaban J connectivity index is 1.36. The maximum Gasteiger partial charge on any atom is 0.145 e. The monoisotopic (exact) mass is 470 g/mol. The van der Waals surface area contributed by atoms with Gasteiger partial charge in [0.05, 0.1) is 11.0 Å². The van der Waals surface area contributed by atoms with Gasteiger partial charge in [-0.1, -0.05) is 109 Å². The van der Waals surface area contributed by atoms with Crippen molar-refractivity contribution in [1.29, 1.82) is 0 Å². The molecule has 1 aromatic heterocycles. The summed E-state index contributed by atoms with van der Waals surface area (Å²) in [6, 6.07) is 47.6. The van der Waals surface area contributed by atoms with Gasteiger partial charge in [-0.25, -0.2) is 4.98 Å². The second-order valence-electron chi connectivity index (χ2n) is 9.61. The van der Waals surface area contributed by atoms with E-state index < -0.39 is 0 Å². The van der Waals surface area contributed by atoms with Crippen LogP contribution in [0.25, 0.3) is 72.3 Å². The highest BCUT2D eigenvalue weighted by atomic mass is 15.1. The number of para-hydroxylation sites is 1. The normalized spacial score (nSPS) is 11.8. The summed E-state index contributed by atoms with van der Waals surface area (Å²) in [7, 11) is 0. The van der Waals surface area contributed by atoms with Gasteiger partial charge in [-0.3, -0.25) is 4.57 Å². The van der Waals surface area contributed by atoms with E-state index in [0.717, 1.165) is 28.1 Å². The smallest absolute Gasteiger partial charge is 0.145 e. The van der Waals surface area contributed by atoms with Gasteiger partial charge >= 0.3 is 0 Å². The molecule has 0 atom stereocenters. The molecule has 1 aliphatic rings. The lowest BCUT2D eigenvalue weighted by Gasteiger charge is -2.11. The van der Waals surface area contributed by atoms with Crippen molar-refractivity contribution in [1.82, 2.24) is 9.55 Å². The van der Waals surface area contributed by atoms with E-state index in [-0.39, 0.29) is 0 Å². The maximum atomic E-state index is 5.17. The Morgan fingerprint density at radius 3 is 1.89 bits per heavy atom. The van der Waals surface area contributed by atoms with E-state index in [1.807, 2.05) is 6.07 Å². The van der Waals surface area contributed by atoms with Gasteiger partial charge in [0, 0.05) is 11.3 Å². The maximum absolute atomic E-state index is 5.17. The molecule has 172 valence electrons. The van der Waals surface area contributed by atoms with Crippen LogP contribution in [0.15, 0.2) is 133 Å². The van der Waals surface area contributed by atoms with Crippen LogP contribution >= 0.6 is 0 Å². The average Bonchev–Trinajstić information content (AvgIpc) is 3.51. The van der Waals surface area contributed by atoms with E-state index in [2.05, 4.69) is 132 Å². The zero-order valence-electron chi connectivity index (χ0n) is 20.1. The number of aromatic nitrogens is 2. The van der Waals surface area contributed by atoms with Crippen LogP contribution in [0.4, 0.5) is 0 Å². The molecule has 1 aliphatic carbocycles. The molecule has 1 heterocycles. The van der Waals surface area contributed by atoms with Crippen molar-refractivity contribution in [3.8, 4) is 50.5 Å².